The number of rotatable bonds is 4. The number of benzene rings is 1. The molecule has 0 bridgehead atoms. The van der Waals surface area contributed by atoms with Gasteiger partial charge in [0, 0.05) is 22.9 Å². The molecule has 1 N–H and O–H groups in total. The molecule has 2 heterocycles. The van der Waals surface area contributed by atoms with Gasteiger partial charge in [-0.05, 0) is 29.1 Å². The zero-order valence-electron chi connectivity index (χ0n) is 11.4. The van der Waals surface area contributed by atoms with Crippen LogP contribution in [0.1, 0.15) is 26.4 Å². The predicted octanol–water partition coefficient (Wildman–Crippen LogP) is 3.92. The van der Waals surface area contributed by atoms with E-state index >= 15 is 0 Å². The van der Waals surface area contributed by atoms with Crippen LogP contribution in [-0.2, 0) is 6.42 Å². The molecule has 4 nitrogen and oxygen atoms in total. The molecule has 1 amide bonds. The zero-order chi connectivity index (χ0) is 15.4. The molecule has 3 aromatic rings. The Morgan fingerprint density at radius 3 is 2.77 bits per heavy atom. The van der Waals surface area contributed by atoms with Crippen molar-refractivity contribution in [2.75, 3.05) is 5.32 Å². The first-order valence-corrected chi connectivity index (χ1v) is 8.28. The van der Waals surface area contributed by atoms with E-state index in [1.54, 1.807) is 29.8 Å². The monoisotopic (exact) mass is 325 g/mol. The summed E-state index contributed by atoms with van der Waals surface area (Å²) in [5, 5.41) is 15.9. The fourth-order valence-corrected chi connectivity index (χ4v) is 3.39. The summed E-state index contributed by atoms with van der Waals surface area (Å²) in [5.74, 6) is -0.138. The summed E-state index contributed by atoms with van der Waals surface area (Å²) in [7, 11) is 0. The van der Waals surface area contributed by atoms with Gasteiger partial charge in [0.25, 0.3) is 5.91 Å². The molecule has 0 aliphatic rings. The first kappa shape index (κ1) is 14.4. The second-order valence-corrected chi connectivity index (χ2v) is 6.48. The third-order valence-electron chi connectivity index (χ3n) is 3.02. The molecule has 22 heavy (non-hydrogen) atoms. The molecule has 0 fully saturated rings. The molecule has 0 saturated heterocycles. The highest BCUT2D eigenvalue weighted by Gasteiger charge is 2.09. The van der Waals surface area contributed by atoms with Crippen molar-refractivity contribution in [2.24, 2.45) is 0 Å². The Labute approximate surface area is 135 Å². The number of amides is 1. The SMILES string of the molecule is N#Cc1ccc(Cc2cnc(NC(=O)c3ccsc3)s2)cc1. The Hall–Kier alpha value is -2.49. The fourth-order valence-electron chi connectivity index (χ4n) is 1.91. The Morgan fingerprint density at radius 2 is 2.09 bits per heavy atom. The van der Waals surface area contributed by atoms with Crippen molar-refractivity contribution in [1.29, 1.82) is 5.26 Å². The van der Waals surface area contributed by atoms with E-state index < -0.39 is 0 Å². The number of anilines is 1. The molecule has 0 aliphatic carbocycles. The third kappa shape index (κ3) is 3.39. The van der Waals surface area contributed by atoms with Gasteiger partial charge in [-0.2, -0.15) is 16.6 Å². The van der Waals surface area contributed by atoms with Crippen LogP contribution in [0.4, 0.5) is 5.13 Å². The van der Waals surface area contributed by atoms with E-state index in [-0.39, 0.29) is 5.91 Å². The third-order valence-corrected chi connectivity index (χ3v) is 4.61. The number of carbonyl (C=O) groups is 1. The fraction of sp³-hybridized carbons (Fsp3) is 0.0625. The molecule has 0 spiro atoms. The summed E-state index contributed by atoms with van der Waals surface area (Å²) < 4.78 is 0. The Kier molecular flexibility index (Phi) is 4.28. The van der Waals surface area contributed by atoms with Crippen LogP contribution < -0.4 is 5.32 Å². The highest BCUT2D eigenvalue weighted by atomic mass is 32.1. The van der Waals surface area contributed by atoms with Crippen molar-refractivity contribution >= 4 is 33.7 Å². The minimum absolute atomic E-state index is 0.138. The average Bonchev–Trinajstić information content (AvgIpc) is 3.20. The van der Waals surface area contributed by atoms with Gasteiger partial charge in [0.05, 0.1) is 17.2 Å². The van der Waals surface area contributed by atoms with Crippen LogP contribution >= 0.6 is 22.7 Å². The Morgan fingerprint density at radius 1 is 1.27 bits per heavy atom. The smallest absolute Gasteiger partial charge is 0.258 e. The summed E-state index contributed by atoms with van der Waals surface area (Å²) in [6.07, 6.45) is 2.50. The van der Waals surface area contributed by atoms with E-state index in [0.29, 0.717) is 16.3 Å². The molecule has 0 atom stereocenters. The number of nitriles is 1. The van der Waals surface area contributed by atoms with E-state index in [1.807, 2.05) is 17.5 Å². The molecule has 0 unspecified atom stereocenters. The van der Waals surface area contributed by atoms with Gasteiger partial charge in [0.1, 0.15) is 0 Å². The lowest BCUT2D eigenvalue weighted by Crippen LogP contribution is -2.10. The summed E-state index contributed by atoms with van der Waals surface area (Å²) in [6, 6.07) is 11.4. The minimum atomic E-state index is -0.138. The number of nitrogens with zero attached hydrogens (tertiary/aromatic N) is 2. The number of thiophene rings is 1. The van der Waals surface area contributed by atoms with Crippen molar-refractivity contribution in [3.05, 3.63) is 68.9 Å². The number of aromatic nitrogens is 1. The molecule has 3 rings (SSSR count). The first-order chi connectivity index (χ1) is 10.7. The first-order valence-electron chi connectivity index (χ1n) is 6.52. The standard InChI is InChI=1S/C16H11N3OS2/c17-8-12-3-1-11(2-4-12)7-14-9-18-16(22-14)19-15(20)13-5-6-21-10-13/h1-6,9-10H,7H2,(H,18,19,20). The van der Waals surface area contributed by atoms with Crippen LogP contribution in [0.3, 0.4) is 0 Å². The highest BCUT2D eigenvalue weighted by molar-refractivity contribution is 7.15. The zero-order valence-corrected chi connectivity index (χ0v) is 13.1. The van der Waals surface area contributed by atoms with Gasteiger partial charge in [0.15, 0.2) is 5.13 Å². The van der Waals surface area contributed by atoms with Gasteiger partial charge >= 0.3 is 0 Å². The van der Waals surface area contributed by atoms with Crippen LogP contribution in [-0.4, -0.2) is 10.9 Å². The van der Waals surface area contributed by atoms with Gasteiger partial charge in [-0.3, -0.25) is 10.1 Å². The number of carbonyl (C=O) groups excluding carboxylic acids is 1. The van der Waals surface area contributed by atoms with Crippen molar-refractivity contribution in [3.63, 3.8) is 0 Å². The van der Waals surface area contributed by atoms with Crippen molar-refractivity contribution in [2.45, 2.75) is 6.42 Å². The van der Waals surface area contributed by atoms with Gasteiger partial charge in [-0.25, -0.2) is 4.98 Å². The highest BCUT2D eigenvalue weighted by Crippen LogP contribution is 2.22. The van der Waals surface area contributed by atoms with Gasteiger partial charge in [-0.1, -0.05) is 12.1 Å². The molecule has 0 radical (unpaired) electrons. The molecular weight excluding hydrogens is 314 g/mol. The summed E-state index contributed by atoms with van der Waals surface area (Å²) in [5.41, 5.74) is 2.41. The summed E-state index contributed by atoms with van der Waals surface area (Å²) in [6.45, 7) is 0. The maximum absolute atomic E-state index is 11.9. The van der Waals surface area contributed by atoms with E-state index in [0.717, 1.165) is 16.9 Å². The van der Waals surface area contributed by atoms with Crippen LogP contribution in [0, 0.1) is 11.3 Å². The van der Waals surface area contributed by atoms with E-state index in [1.165, 1.54) is 22.7 Å². The van der Waals surface area contributed by atoms with Crippen LogP contribution in [0.5, 0.6) is 0 Å². The van der Waals surface area contributed by atoms with Gasteiger partial charge < -0.3 is 0 Å². The maximum atomic E-state index is 11.9. The summed E-state index contributed by atoms with van der Waals surface area (Å²) in [4.78, 5) is 17.2. The lowest BCUT2D eigenvalue weighted by molar-refractivity contribution is 0.102. The number of nitrogens with one attached hydrogen (secondary N) is 1. The quantitative estimate of drug-likeness (QED) is 0.790. The van der Waals surface area contributed by atoms with Crippen LogP contribution in [0.15, 0.2) is 47.3 Å². The molecule has 0 aliphatic heterocycles. The number of thiazole rings is 1. The Bertz CT molecular complexity index is 814. The average molecular weight is 325 g/mol. The van der Waals surface area contributed by atoms with Crippen molar-refractivity contribution in [3.8, 4) is 6.07 Å². The maximum Gasteiger partial charge on any atom is 0.258 e. The van der Waals surface area contributed by atoms with E-state index in [2.05, 4.69) is 16.4 Å². The van der Waals surface area contributed by atoms with Crippen molar-refractivity contribution < 1.29 is 4.79 Å². The molecule has 108 valence electrons. The van der Waals surface area contributed by atoms with Crippen LogP contribution in [0.2, 0.25) is 0 Å². The number of hydrogen-bond acceptors (Lipinski definition) is 5. The predicted molar refractivity (Wildman–Crippen MR) is 88.3 cm³/mol. The number of hydrogen-bond donors (Lipinski definition) is 1. The molecule has 2 aromatic heterocycles. The van der Waals surface area contributed by atoms with Crippen LogP contribution in [0.25, 0.3) is 0 Å². The molecule has 6 heteroatoms. The lowest BCUT2D eigenvalue weighted by atomic mass is 10.1. The topological polar surface area (TPSA) is 65.8 Å². The van der Waals surface area contributed by atoms with Gasteiger partial charge in [-0.15, -0.1) is 11.3 Å². The summed E-state index contributed by atoms with van der Waals surface area (Å²) >= 11 is 2.95. The molecule has 1 aromatic carbocycles. The second kappa shape index (κ2) is 6.52. The lowest BCUT2D eigenvalue weighted by Gasteiger charge is -1.99. The minimum Gasteiger partial charge on any atom is -0.298 e. The molecular formula is C16H11N3OS2. The van der Waals surface area contributed by atoms with Gasteiger partial charge in [0.2, 0.25) is 0 Å². The Balaban J connectivity index is 1.66. The van der Waals surface area contributed by atoms with Crippen molar-refractivity contribution in [1.82, 2.24) is 4.98 Å². The van der Waals surface area contributed by atoms with E-state index in [9.17, 15) is 4.79 Å². The largest absolute Gasteiger partial charge is 0.298 e. The molecule has 0 saturated carbocycles. The second-order valence-electron chi connectivity index (χ2n) is 4.58. The van der Waals surface area contributed by atoms with E-state index in [4.69, 9.17) is 5.26 Å². The normalized spacial score (nSPS) is 10.1.